The third-order valence-electron chi connectivity index (χ3n) is 2.39. The summed E-state index contributed by atoms with van der Waals surface area (Å²) in [6.45, 7) is 2.87. The second kappa shape index (κ2) is 6.59. The van der Waals surface area contributed by atoms with Crippen LogP contribution in [-0.2, 0) is 6.54 Å². The van der Waals surface area contributed by atoms with Crippen LogP contribution in [0.25, 0.3) is 0 Å². The van der Waals surface area contributed by atoms with Crippen LogP contribution in [0.15, 0.2) is 28.7 Å². The minimum absolute atomic E-state index is 0.273. The molecule has 102 valence electrons. The highest BCUT2D eigenvalue weighted by atomic mass is 79.9. The molecule has 19 heavy (non-hydrogen) atoms. The van der Waals surface area contributed by atoms with E-state index in [2.05, 4.69) is 21.2 Å². The van der Waals surface area contributed by atoms with Gasteiger partial charge in [0.05, 0.1) is 6.61 Å². The van der Waals surface area contributed by atoms with Gasteiger partial charge >= 0.3 is 0 Å². The summed E-state index contributed by atoms with van der Waals surface area (Å²) in [6, 6.07) is 6.79. The van der Waals surface area contributed by atoms with Gasteiger partial charge in [-0.1, -0.05) is 11.6 Å². The van der Waals surface area contributed by atoms with Gasteiger partial charge in [0.25, 0.3) is 0 Å². The third-order valence-corrected chi connectivity index (χ3v) is 4.87. The molecule has 6 heteroatoms. The average molecular weight is 365 g/mol. The standard InChI is InChI=1S/C13H12BrClFNOS/c1-2-18-12-4-3-8(5-11(12)16)17-7-9-6-10(14)13(15)19-9/h3-6,17H,2,7H2,1H3. The molecule has 1 N–H and O–H groups in total. The van der Waals surface area contributed by atoms with Gasteiger partial charge in [-0.25, -0.2) is 4.39 Å². The molecule has 0 bridgehead atoms. The Morgan fingerprint density at radius 1 is 1.42 bits per heavy atom. The van der Waals surface area contributed by atoms with Crippen LogP contribution in [0.5, 0.6) is 5.75 Å². The maximum atomic E-state index is 13.6. The Balaban J connectivity index is 2.01. The van der Waals surface area contributed by atoms with Gasteiger partial charge in [0.15, 0.2) is 11.6 Å². The Kier molecular flexibility index (Phi) is 5.07. The van der Waals surface area contributed by atoms with Crippen LogP contribution in [0, 0.1) is 5.82 Å². The van der Waals surface area contributed by atoms with Crippen molar-refractivity contribution in [3.8, 4) is 5.75 Å². The van der Waals surface area contributed by atoms with E-state index < -0.39 is 0 Å². The van der Waals surface area contributed by atoms with Gasteiger partial charge in [0, 0.05) is 27.6 Å². The summed E-state index contributed by atoms with van der Waals surface area (Å²) in [5.41, 5.74) is 0.710. The summed E-state index contributed by atoms with van der Waals surface area (Å²) in [5, 5.41) is 3.15. The fraction of sp³-hybridized carbons (Fsp3) is 0.231. The van der Waals surface area contributed by atoms with Crippen LogP contribution in [0.1, 0.15) is 11.8 Å². The number of benzene rings is 1. The molecule has 0 amide bonds. The molecule has 1 heterocycles. The number of ether oxygens (including phenoxy) is 1. The molecule has 0 unspecified atom stereocenters. The smallest absolute Gasteiger partial charge is 0.167 e. The minimum atomic E-state index is -0.364. The highest BCUT2D eigenvalue weighted by molar-refractivity contribution is 9.10. The van der Waals surface area contributed by atoms with Gasteiger partial charge in [-0.3, -0.25) is 0 Å². The highest BCUT2D eigenvalue weighted by Crippen LogP contribution is 2.32. The molecule has 0 aliphatic carbocycles. The first-order valence-electron chi connectivity index (χ1n) is 5.70. The van der Waals surface area contributed by atoms with E-state index in [1.54, 1.807) is 12.1 Å². The third kappa shape index (κ3) is 3.84. The van der Waals surface area contributed by atoms with Crippen LogP contribution in [-0.4, -0.2) is 6.61 Å². The first kappa shape index (κ1) is 14.6. The van der Waals surface area contributed by atoms with Crippen LogP contribution >= 0.6 is 38.9 Å². The number of thiophene rings is 1. The van der Waals surface area contributed by atoms with Crippen LogP contribution in [0.4, 0.5) is 10.1 Å². The Labute approximate surface area is 128 Å². The zero-order valence-corrected chi connectivity index (χ0v) is 13.3. The predicted octanol–water partition coefficient (Wildman–Crippen LogP) is 5.31. The lowest BCUT2D eigenvalue weighted by Crippen LogP contribution is -1.99. The molecule has 2 rings (SSSR count). The molecule has 0 aliphatic rings. The normalized spacial score (nSPS) is 10.5. The molecule has 0 aliphatic heterocycles. The summed E-state index contributed by atoms with van der Waals surface area (Å²) in [6.07, 6.45) is 0. The van der Waals surface area contributed by atoms with Crippen molar-refractivity contribution < 1.29 is 9.13 Å². The Bertz CT molecular complexity index is 556. The second-order valence-electron chi connectivity index (χ2n) is 3.77. The number of hydrogen-bond donors (Lipinski definition) is 1. The summed E-state index contributed by atoms with van der Waals surface area (Å²) < 4.78 is 20.4. The number of rotatable bonds is 5. The number of nitrogens with one attached hydrogen (secondary N) is 1. The van der Waals surface area contributed by atoms with E-state index in [0.29, 0.717) is 18.8 Å². The first-order chi connectivity index (χ1) is 9.10. The first-order valence-corrected chi connectivity index (χ1v) is 7.69. The quantitative estimate of drug-likeness (QED) is 0.776. The number of hydrogen-bond acceptors (Lipinski definition) is 3. The summed E-state index contributed by atoms with van der Waals surface area (Å²) >= 11 is 10.8. The molecule has 0 spiro atoms. The van der Waals surface area contributed by atoms with Crippen molar-refractivity contribution >= 4 is 44.6 Å². The van der Waals surface area contributed by atoms with Gasteiger partial charge < -0.3 is 10.1 Å². The van der Waals surface area contributed by atoms with Crippen LogP contribution in [0.3, 0.4) is 0 Å². The van der Waals surface area contributed by atoms with E-state index in [1.807, 2.05) is 13.0 Å². The van der Waals surface area contributed by atoms with E-state index in [1.165, 1.54) is 17.4 Å². The molecule has 1 aromatic carbocycles. The molecular weight excluding hydrogens is 353 g/mol. The monoisotopic (exact) mass is 363 g/mol. The van der Waals surface area contributed by atoms with Crippen molar-refractivity contribution in [2.45, 2.75) is 13.5 Å². The zero-order valence-electron chi connectivity index (χ0n) is 10.2. The molecule has 2 aromatic rings. The SMILES string of the molecule is CCOc1ccc(NCc2cc(Br)c(Cl)s2)cc1F. The van der Waals surface area contributed by atoms with Gasteiger partial charge in [0.1, 0.15) is 4.34 Å². The lowest BCUT2D eigenvalue weighted by Gasteiger charge is -2.08. The fourth-order valence-corrected chi connectivity index (χ4v) is 3.28. The number of anilines is 1. The average Bonchev–Trinajstić information content (AvgIpc) is 2.70. The highest BCUT2D eigenvalue weighted by Gasteiger charge is 2.06. The molecule has 0 fully saturated rings. The Hall–Kier alpha value is -0.780. The Morgan fingerprint density at radius 3 is 2.79 bits per heavy atom. The van der Waals surface area contributed by atoms with Gasteiger partial charge in [-0.2, -0.15) is 0 Å². The Morgan fingerprint density at radius 2 is 2.21 bits per heavy atom. The van der Waals surface area contributed by atoms with E-state index in [4.69, 9.17) is 16.3 Å². The molecule has 0 saturated heterocycles. The van der Waals surface area contributed by atoms with Crippen molar-refractivity contribution in [3.05, 3.63) is 43.8 Å². The molecule has 0 atom stereocenters. The van der Waals surface area contributed by atoms with Gasteiger partial charge in [0.2, 0.25) is 0 Å². The van der Waals surface area contributed by atoms with Crippen molar-refractivity contribution in [2.24, 2.45) is 0 Å². The van der Waals surface area contributed by atoms with Crippen LogP contribution in [0.2, 0.25) is 4.34 Å². The summed E-state index contributed by atoms with van der Waals surface area (Å²) in [4.78, 5) is 1.08. The predicted molar refractivity (Wildman–Crippen MR) is 81.9 cm³/mol. The summed E-state index contributed by atoms with van der Waals surface area (Å²) in [7, 11) is 0. The van der Waals surface area contributed by atoms with Crippen molar-refractivity contribution in [1.82, 2.24) is 0 Å². The maximum absolute atomic E-state index is 13.6. The summed E-state index contributed by atoms with van der Waals surface area (Å²) in [5.74, 6) is -0.0906. The van der Waals surface area contributed by atoms with Crippen molar-refractivity contribution in [3.63, 3.8) is 0 Å². The topological polar surface area (TPSA) is 21.3 Å². The van der Waals surface area contributed by atoms with Gasteiger partial charge in [-0.15, -0.1) is 11.3 Å². The van der Waals surface area contributed by atoms with Crippen molar-refractivity contribution in [2.75, 3.05) is 11.9 Å². The molecule has 0 saturated carbocycles. The second-order valence-corrected chi connectivity index (χ2v) is 6.36. The number of halogens is 3. The zero-order chi connectivity index (χ0) is 13.8. The van der Waals surface area contributed by atoms with E-state index in [9.17, 15) is 4.39 Å². The maximum Gasteiger partial charge on any atom is 0.167 e. The van der Waals surface area contributed by atoms with E-state index >= 15 is 0 Å². The molecule has 2 nitrogen and oxygen atoms in total. The van der Waals surface area contributed by atoms with E-state index in [-0.39, 0.29) is 11.6 Å². The lowest BCUT2D eigenvalue weighted by molar-refractivity contribution is 0.321. The lowest BCUT2D eigenvalue weighted by atomic mass is 10.3. The largest absolute Gasteiger partial charge is 0.491 e. The molecule has 0 radical (unpaired) electrons. The molecular formula is C13H12BrClFNOS. The van der Waals surface area contributed by atoms with Crippen LogP contribution < -0.4 is 10.1 Å². The van der Waals surface area contributed by atoms with Crippen molar-refractivity contribution in [1.29, 1.82) is 0 Å². The van der Waals surface area contributed by atoms with E-state index in [0.717, 1.165) is 13.7 Å². The molecule has 1 aromatic heterocycles. The minimum Gasteiger partial charge on any atom is -0.491 e. The fourth-order valence-electron chi connectivity index (χ4n) is 1.55. The van der Waals surface area contributed by atoms with Gasteiger partial charge in [-0.05, 0) is 41.1 Å².